The Kier molecular flexibility index (Phi) is 6.56. The van der Waals surface area contributed by atoms with E-state index in [9.17, 15) is 9.59 Å². The number of nitrogens with zero attached hydrogens (tertiary/aromatic N) is 1. The smallest absolute Gasteiger partial charge is 0.408 e. The number of alkyl carbamates (subject to hydrolysis) is 1. The topological polar surface area (TPSA) is 80.3 Å². The highest BCUT2D eigenvalue weighted by atomic mass is 16.6. The van der Waals surface area contributed by atoms with Gasteiger partial charge in [0.1, 0.15) is 11.6 Å². The molecule has 2 amide bonds. The monoisotopic (exact) mass is 305 g/mol. The third-order valence-electron chi connectivity index (χ3n) is 2.58. The molecule has 0 aliphatic carbocycles. The number of carbonyl (C=O) groups excluding carboxylic acids is 2. The minimum Gasteiger partial charge on any atom is -0.444 e. The van der Waals surface area contributed by atoms with Crippen LogP contribution in [0.25, 0.3) is 0 Å². The van der Waals surface area contributed by atoms with Crippen LogP contribution in [0.1, 0.15) is 32.9 Å². The van der Waals surface area contributed by atoms with Crippen LogP contribution in [0.15, 0.2) is 37.1 Å². The van der Waals surface area contributed by atoms with Crippen LogP contribution in [0.4, 0.5) is 4.79 Å². The first-order valence-corrected chi connectivity index (χ1v) is 7.10. The number of aromatic nitrogens is 1. The highest BCUT2D eigenvalue weighted by molar-refractivity contribution is 5.85. The maximum absolute atomic E-state index is 12.2. The molecule has 22 heavy (non-hydrogen) atoms. The largest absolute Gasteiger partial charge is 0.444 e. The fourth-order valence-electron chi connectivity index (χ4n) is 1.65. The first-order valence-electron chi connectivity index (χ1n) is 7.10. The Morgan fingerprint density at radius 2 is 2.14 bits per heavy atom. The van der Waals surface area contributed by atoms with Gasteiger partial charge >= 0.3 is 6.09 Å². The average Bonchev–Trinajstić information content (AvgIpc) is 2.43. The van der Waals surface area contributed by atoms with Gasteiger partial charge in [0.05, 0.1) is 12.2 Å². The van der Waals surface area contributed by atoms with Gasteiger partial charge in [0.2, 0.25) is 5.91 Å². The lowest BCUT2D eigenvalue weighted by Crippen LogP contribution is -2.47. The maximum atomic E-state index is 12.2. The van der Waals surface area contributed by atoms with Gasteiger partial charge in [-0.1, -0.05) is 12.1 Å². The zero-order valence-electron chi connectivity index (χ0n) is 13.3. The normalized spacial score (nSPS) is 12.1. The number of carbonyl (C=O) groups is 2. The van der Waals surface area contributed by atoms with Gasteiger partial charge < -0.3 is 15.4 Å². The minimum absolute atomic E-state index is 0.295. The highest BCUT2D eigenvalue weighted by Gasteiger charge is 2.23. The molecular formula is C16H23N3O3. The Balaban J connectivity index is 2.56. The van der Waals surface area contributed by atoms with Crippen molar-refractivity contribution in [1.82, 2.24) is 15.6 Å². The van der Waals surface area contributed by atoms with Crippen molar-refractivity contribution in [1.29, 1.82) is 0 Å². The molecule has 0 fully saturated rings. The third-order valence-corrected chi connectivity index (χ3v) is 2.58. The second-order valence-corrected chi connectivity index (χ2v) is 5.76. The average molecular weight is 305 g/mol. The van der Waals surface area contributed by atoms with Crippen LogP contribution in [0.3, 0.4) is 0 Å². The zero-order valence-corrected chi connectivity index (χ0v) is 13.3. The minimum atomic E-state index is -0.726. The summed E-state index contributed by atoms with van der Waals surface area (Å²) in [5.74, 6) is -0.309. The SMILES string of the molecule is C=CC[C@@H](NC(=O)OC(C)(C)C)C(=O)NCc1ccccn1. The summed E-state index contributed by atoms with van der Waals surface area (Å²) in [6.45, 7) is 9.17. The van der Waals surface area contributed by atoms with E-state index >= 15 is 0 Å². The molecule has 0 aliphatic rings. The molecule has 1 rings (SSSR count). The lowest BCUT2D eigenvalue weighted by molar-refractivity contribution is -0.123. The first kappa shape index (κ1) is 17.7. The molecule has 0 saturated heterocycles. The number of amides is 2. The zero-order chi connectivity index (χ0) is 16.6. The molecule has 1 heterocycles. The number of rotatable bonds is 6. The molecule has 6 heteroatoms. The van der Waals surface area contributed by atoms with E-state index in [0.717, 1.165) is 5.69 Å². The second kappa shape index (κ2) is 8.17. The van der Waals surface area contributed by atoms with Gasteiger partial charge in [-0.2, -0.15) is 0 Å². The Morgan fingerprint density at radius 3 is 2.68 bits per heavy atom. The predicted octanol–water partition coefficient (Wildman–Crippen LogP) is 2.17. The second-order valence-electron chi connectivity index (χ2n) is 5.76. The predicted molar refractivity (Wildman–Crippen MR) is 84.1 cm³/mol. The molecule has 0 aliphatic heterocycles. The van der Waals surface area contributed by atoms with Crippen molar-refractivity contribution in [2.24, 2.45) is 0 Å². The molecule has 0 saturated carbocycles. The van der Waals surface area contributed by atoms with E-state index in [1.54, 1.807) is 39.1 Å². The van der Waals surface area contributed by atoms with Crippen LogP contribution in [0.5, 0.6) is 0 Å². The van der Waals surface area contributed by atoms with Crippen LogP contribution >= 0.6 is 0 Å². The van der Waals surface area contributed by atoms with Crippen LogP contribution < -0.4 is 10.6 Å². The van der Waals surface area contributed by atoms with Gasteiger partial charge in [-0.15, -0.1) is 6.58 Å². The molecule has 6 nitrogen and oxygen atoms in total. The lowest BCUT2D eigenvalue weighted by atomic mass is 10.2. The van der Waals surface area contributed by atoms with E-state index in [2.05, 4.69) is 22.2 Å². The number of pyridine rings is 1. The summed E-state index contributed by atoms with van der Waals surface area (Å²) >= 11 is 0. The van der Waals surface area contributed by atoms with Crippen LogP contribution in [-0.2, 0) is 16.1 Å². The van der Waals surface area contributed by atoms with Crippen molar-refractivity contribution in [3.63, 3.8) is 0 Å². The lowest BCUT2D eigenvalue weighted by Gasteiger charge is -2.22. The van der Waals surface area contributed by atoms with Gasteiger partial charge in [-0.05, 0) is 39.3 Å². The van der Waals surface area contributed by atoms with Gasteiger partial charge in [-0.3, -0.25) is 9.78 Å². The highest BCUT2D eigenvalue weighted by Crippen LogP contribution is 2.07. The molecule has 1 atom stereocenters. The van der Waals surface area contributed by atoms with Crippen LogP contribution in [0, 0.1) is 0 Å². The van der Waals surface area contributed by atoms with Gasteiger partial charge in [0.15, 0.2) is 0 Å². The summed E-state index contributed by atoms with van der Waals surface area (Å²) in [5, 5.41) is 5.28. The third kappa shape index (κ3) is 6.88. The van der Waals surface area contributed by atoms with Crippen molar-refractivity contribution in [2.45, 2.75) is 45.4 Å². The molecule has 0 radical (unpaired) electrons. The number of nitrogens with one attached hydrogen (secondary N) is 2. The Labute approximate surface area is 131 Å². The molecule has 0 unspecified atom stereocenters. The Hall–Kier alpha value is -2.37. The first-order chi connectivity index (χ1) is 10.3. The number of hydrogen-bond acceptors (Lipinski definition) is 4. The van der Waals surface area contributed by atoms with Crippen molar-refractivity contribution < 1.29 is 14.3 Å². The molecule has 1 aromatic rings. The summed E-state index contributed by atoms with van der Waals surface area (Å²) in [7, 11) is 0. The Morgan fingerprint density at radius 1 is 1.41 bits per heavy atom. The molecule has 2 N–H and O–H groups in total. The number of hydrogen-bond donors (Lipinski definition) is 2. The van der Waals surface area contributed by atoms with Crippen LogP contribution in [0.2, 0.25) is 0 Å². The van der Waals surface area contributed by atoms with Gasteiger partial charge in [-0.25, -0.2) is 4.79 Å². The summed E-state index contributed by atoms with van der Waals surface area (Å²) in [4.78, 5) is 28.0. The van der Waals surface area contributed by atoms with Crippen LogP contribution in [-0.4, -0.2) is 28.6 Å². The molecule has 120 valence electrons. The fraction of sp³-hybridized carbons (Fsp3) is 0.438. The van der Waals surface area contributed by atoms with Crippen molar-refractivity contribution in [3.05, 3.63) is 42.7 Å². The van der Waals surface area contributed by atoms with Gasteiger partial charge in [0.25, 0.3) is 0 Å². The molecule has 1 aromatic heterocycles. The molecular weight excluding hydrogens is 282 g/mol. The molecule has 0 bridgehead atoms. The summed E-state index contributed by atoms with van der Waals surface area (Å²) in [5.41, 5.74) is 0.123. The van der Waals surface area contributed by atoms with E-state index in [1.807, 2.05) is 12.1 Å². The summed E-state index contributed by atoms with van der Waals surface area (Å²) in [6.07, 6.45) is 2.91. The number of ether oxygens (including phenoxy) is 1. The van der Waals surface area contributed by atoms with E-state index in [0.29, 0.717) is 13.0 Å². The van der Waals surface area contributed by atoms with Crippen molar-refractivity contribution in [2.75, 3.05) is 0 Å². The maximum Gasteiger partial charge on any atom is 0.408 e. The van der Waals surface area contributed by atoms with Crippen molar-refractivity contribution in [3.8, 4) is 0 Å². The van der Waals surface area contributed by atoms with E-state index in [-0.39, 0.29) is 5.91 Å². The standard InChI is InChI=1S/C16H23N3O3/c1-5-8-13(19-15(21)22-16(2,3)4)14(20)18-11-12-9-6-7-10-17-12/h5-7,9-10,13H,1,8,11H2,2-4H3,(H,18,20)(H,19,21)/t13-/m1/s1. The fourth-order valence-corrected chi connectivity index (χ4v) is 1.65. The van der Waals surface area contributed by atoms with E-state index in [1.165, 1.54) is 0 Å². The summed E-state index contributed by atoms with van der Waals surface area (Å²) < 4.78 is 5.15. The Bertz CT molecular complexity index is 509. The quantitative estimate of drug-likeness (QED) is 0.789. The van der Waals surface area contributed by atoms with Gasteiger partial charge in [0, 0.05) is 6.20 Å². The van der Waals surface area contributed by atoms with E-state index < -0.39 is 17.7 Å². The summed E-state index contributed by atoms with van der Waals surface area (Å²) in [6, 6.07) is 4.73. The molecule has 0 aromatic carbocycles. The van der Waals surface area contributed by atoms with Crippen molar-refractivity contribution >= 4 is 12.0 Å². The molecule has 0 spiro atoms. The van der Waals surface area contributed by atoms with E-state index in [4.69, 9.17) is 4.74 Å².